The number of nitrogens with zero attached hydrogens (tertiary/aromatic N) is 2. The molecule has 2 amide bonds. The summed E-state index contributed by atoms with van der Waals surface area (Å²) in [4.78, 5) is 28.3. The first-order valence-corrected chi connectivity index (χ1v) is 8.58. The Kier molecular flexibility index (Phi) is 6.11. The molecule has 1 fully saturated rings. The van der Waals surface area contributed by atoms with Crippen LogP contribution in [0.5, 0.6) is 0 Å². The number of hydrogen-bond acceptors (Lipinski definition) is 3. The minimum absolute atomic E-state index is 0.0240. The van der Waals surface area contributed by atoms with Gasteiger partial charge in [0, 0.05) is 32.1 Å². The third kappa shape index (κ3) is 6.04. The highest BCUT2D eigenvalue weighted by Gasteiger charge is 2.33. The first-order chi connectivity index (χ1) is 10.3. The quantitative estimate of drug-likeness (QED) is 0.780. The minimum Gasteiger partial charge on any atom is -0.444 e. The largest absolute Gasteiger partial charge is 0.444 e. The normalized spacial score (nSPS) is 21.1. The fourth-order valence-corrected chi connectivity index (χ4v) is 2.51. The number of carbonyl (C=O) groups excluding carboxylic acids is 2. The molecule has 1 saturated heterocycles. The van der Waals surface area contributed by atoms with E-state index in [2.05, 4.69) is 27.7 Å². The van der Waals surface area contributed by atoms with Crippen molar-refractivity contribution in [3.05, 3.63) is 0 Å². The Balaban J connectivity index is 2.59. The van der Waals surface area contributed by atoms with Gasteiger partial charge in [-0.3, -0.25) is 4.79 Å². The highest BCUT2D eigenvalue weighted by molar-refractivity contribution is 5.77. The molecule has 0 aromatic carbocycles. The van der Waals surface area contributed by atoms with Gasteiger partial charge in [-0.15, -0.1) is 0 Å². The molecule has 0 saturated carbocycles. The number of ether oxygens (including phenoxy) is 1. The summed E-state index contributed by atoms with van der Waals surface area (Å²) in [6.07, 6.45) is 0.264. The predicted octanol–water partition coefficient (Wildman–Crippen LogP) is 3.53. The monoisotopic (exact) mass is 326 g/mol. The average molecular weight is 326 g/mol. The average Bonchev–Trinajstić information content (AvgIpc) is 2.34. The van der Waals surface area contributed by atoms with Crippen LogP contribution in [0.4, 0.5) is 4.79 Å². The second-order valence-corrected chi connectivity index (χ2v) is 8.83. The molecule has 0 aliphatic carbocycles. The third-order valence-electron chi connectivity index (χ3n) is 4.56. The van der Waals surface area contributed by atoms with Crippen molar-refractivity contribution in [2.24, 2.45) is 11.3 Å². The highest BCUT2D eigenvalue weighted by atomic mass is 16.6. The van der Waals surface area contributed by atoms with Crippen molar-refractivity contribution in [3.63, 3.8) is 0 Å². The molecule has 0 bridgehead atoms. The number of amides is 2. The molecular weight excluding hydrogens is 292 g/mol. The summed E-state index contributed by atoms with van der Waals surface area (Å²) in [5, 5.41) is 0. The van der Waals surface area contributed by atoms with Gasteiger partial charge in [-0.2, -0.15) is 0 Å². The minimum atomic E-state index is -0.491. The molecule has 0 aromatic rings. The molecule has 134 valence electrons. The highest BCUT2D eigenvalue weighted by Crippen LogP contribution is 2.29. The summed E-state index contributed by atoms with van der Waals surface area (Å²) in [5.74, 6) is 0.509. The predicted molar refractivity (Wildman–Crippen MR) is 92.2 cm³/mol. The van der Waals surface area contributed by atoms with Crippen molar-refractivity contribution in [1.82, 2.24) is 9.80 Å². The standard InChI is InChI=1S/C18H34N2O3/c1-13(17(3,4)5)11-15(21)20-10-9-19(12-14(20)2)16(22)23-18(6,7)8/h13-14H,9-12H2,1-8H3. The smallest absolute Gasteiger partial charge is 0.410 e. The number of carbonyl (C=O) groups is 2. The van der Waals surface area contributed by atoms with Crippen LogP contribution in [0, 0.1) is 11.3 Å². The van der Waals surface area contributed by atoms with Gasteiger partial charge < -0.3 is 14.5 Å². The first-order valence-electron chi connectivity index (χ1n) is 8.58. The van der Waals surface area contributed by atoms with Gasteiger partial charge in [0.05, 0.1) is 0 Å². The lowest BCUT2D eigenvalue weighted by Gasteiger charge is -2.41. The van der Waals surface area contributed by atoms with Crippen LogP contribution < -0.4 is 0 Å². The molecule has 23 heavy (non-hydrogen) atoms. The molecule has 2 atom stereocenters. The maximum absolute atomic E-state index is 12.6. The zero-order valence-electron chi connectivity index (χ0n) is 16.1. The van der Waals surface area contributed by atoms with Crippen molar-refractivity contribution in [1.29, 1.82) is 0 Å². The molecular formula is C18H34N2O3. The maximum atomic E-state index is 12.6. The lowest BCUT2D eigenvalue weighted by Crippen LogP contribution is -2.56. The van der Waals surface area contributed by atoms with Crippen molar-refractivity contribution in [2.75, 3.05) is 19.6 Å². The van der Waals surface area contributed by atoms with Crippen LogP contribution in [0.1, 0.15) is 61.8 Å². The Labute approximate surface area is 141 Å². The van der Waals surface area contributed by atoms with Gasteiger partial charge in [0.2, 0.25) is 5.91 Å². The summed E-state index contributed by atoms with van der Waals surface area (Å²) < 4.78 is 5.41. The number of piperazine rings is 1. The van der Waals surface area contributed by atoms with Crippen LogP contribution in [0.25, 0.3) is 0 Å². The van der Waals surface area contributed by atoms with Crippen molar-refractivity contribution in [3.8, 4) is 0 Å². The van der Waals surface area contributed by atoms with Crippen molar-refractivity contribution >= 4 is 12.0 Å². The summed E-state index contributed by atoms with van der Waals surface area (Å²) >= 11 is 0. The van der Waals surface area contributed by atoms with Gasteiger partial charge in [0.15, 0.2) is 0 Å². The van der Waals surface area contributed by atoms with Crippen LogP contribution in [-0.4, -0.2) is 53.1 Å². The van der Waals surface area contributed by atoms with E-state index >= 15 is 0 Å². The molecule has 2 unspecified atom stereocenters. The second kappa shape index (κ2) is 7.10. The van der Waals surface area contributed by atoms with Gasteiger partial charge in [-0.1, -0.05) is 27.7 Å². The molecule has 1 heterocycles. The molecule has 1 aliphatic heterocycles. The fourth-order valence-electron chi connectivity index (χ4n) is 2.51. The molecule has 1 aliphatic rings. The SMILES string of the molecule is CC1CN(C(=O)OC(C)(C)C)CCN1C(=O)CC(C)C(C)(C)C. The van der Waals surface area contributed by atoms with E-state index < -0.39 is 5.60 Å². The van der Waals surface area contributed by atoms with E-state index in [1.807, 2.05) is 32.6 Å². The van der Waals surface area contributed by atoms with Crippen LogP contribution in [0.3, 0.4) is 0 Å². The van der Waals surface area contributed by atoms with E-state index in [1.165, 1.54) is 0 Å². The van der Waals surface area contributed by atoms with E-state index in [9.17, 15) is 9.59 Å². The van der Waals surface area contributed by atoms with E-state index in [0.29, 0.717) is 32.0 Å². The zero-order valence-corrected chi connectivity index (χ0v) is 16.1. The molecule has 0 N–H and O–H groups in total. The van der Waals surface area contributed by atoms with E-state index in [0.717, 1.165) is 0 Å². The van der Waals surface area contributed by atoms with E-state index in [4.69, 9.17) is 4.74 Å². The van der Waals surface area contributed by atoms with Gasteiger partial charge >= 0.3 is 6.09 Å². The van der Waals surface area contributed by atoms with Crippen LogP contribution in [-0.2, 0) is 9.53 Å². The maximum Gasteiger partial charge on any atom is 0.410 e. The van der Waals surface area contributed by atoms with E-state index in [1.54, 1.807) is 4.90 Å². The molecule has 1 rings (SSSR count). The van der Waals surface area contributed by atoms with Gasteiger partial charge in [0.25, 0.3) is 0 Å². The summed E-state index contributed by atoms with van der Waals surface area (Å²) in [5.41, 5.74) is -0.368. The second-order valence-electron chi connectivity index (χ2n) is 8.83. The summed E-state index contributed by atoms with van der Waals surface area (Å²) in [6, 6.07) is 0.0240. The molecule has 0 aromatic heterocycles. The Morgan fingerprint density at radius 1 is 1.13 bits per heavy atom. The van der Waals surface area contributed by atoms with Gasteiger partial charge in [-0.05, 0) is 39.0 Å². The molecule has 0 spiro atoms. The first kappa shape index (κ1) is 19.8. The zero-order chi connectivity index (χ0) is 18.0. The Morgan fingerprint density at radius 2 is 1.70 bits per heavy atom. The third-order valence-corrected chi connectivity index (χ3v) is 4.56. The molecule has 0 radical (unpaired) electrons. The summed E-state index contributed by atoms with van der Waals surface area (Å²) in [7, 11) is 0. The Morgan fingerprint density at radius 3 is 2.13 bits per heavy atom. The fraction of sp³-hybridized carbons (Fsp3) is 0.889. The van der Waals surface area contributed by atoms with Crippen molar-refractivity contribution < 1.29 is 14.3 Å². The van der Waals surface area contributed by atoms with Crippen LogP contribution >= 0.6 is 0 Å². The lowest BCUT2D eigenvalue weighted by atomic mass is 9.80. The van der Waals surface area contributed by atoms with Gasteiger partial charge in [-0.25, -0.2) is 4.79 Å². The Bertz CT molecular complexity index is 435. The van der Waals surface area contributed by atoms with Crippen LogP contribution in [0.2, 0.25) is 0 Å². The number of hydrogen-bond donors (Lipinski definition) is 0. The van der Waals surface area contributed by atoms with Crippen LogP contribution in [0.15, 0.2) is 0 Å². The van der Waals surface area contributed by atoms with Crippen molar-refractivity contribution in [2.45, 2.75) is 73.5 Å². The molecule has 5 nitrogen and oxygen atoms in total. The van der Waals surface area contributed by atoms with Gasteiger partial charge in [0.1, 0.15) is 5.60 Å². The molecule has 5 heteroatoms. The summed E-state index contributed by atoms with van der Waals surface area (Å²) in [6.45, 7) is 17.8. The Hall–Kier alpha value is -1.26. The van der Waals surface area contributed by atoms with E-state index in [-0.39, 0.29) is 23.5 Å². The topological polar surface area (TPSA) is 49.9 Å². The lowest BCUT2D eigenvalue weighted by molar-refractivity contribution is -0.137. The number of rotatable bonds is 2.